The van der Waals surface area contributed by atoms with E-state index in [1.54, 1.807) is 19.9 Å². The SMILES string of the molecule is CC(C)(O)c1cnnn1[C@H]1C[C@@H](C(=O)NC(CCCCNC(=O)O)C(=O)C(N)=O)N(C(=O)[C@@H](CC2CCCCC2)NC(=O)c2cc3ccccc3[nH]2)C1. The first-order valence-electron chi connectivity index (χ1n) is 18.2. The molecule has 2 aromatic heterocycles. The number of hydrogen-bond acceptors (Lipinski definition) is 9. The molecule has 8 N–H and O–H groups in total. The molecule has 1 aromatic carbocycles. The van der Waals surface area contributed by atoms with Crippen LogP contribution in [0.2, 0.25) is 0 Å². The van der Waals surface area contributed by atoms with Gasteiger partial charge in [0, 0.05) is 30.4 Å². The van der Waals surface area contributed by atoms with Crippen molar-refractivity contribution < 1.29 is 39.0 Å². The second-order valence-corrected chi connectivity index (χ2v) is 14.6. The van der Waals surface area contributed by atoms with Crippen LogP contribution in [-0.4, -0.2) is 102 Å². The predicted molar refractivity (Wildman–Crippen MR) is 191 cm³/mol. The highest BCUT2D eigenvalue weighted by molar-refractivity contribution is 6.37. The Labute approximate surface area is 306 Å². The van der Waals surface area contributed by atoms with Crippen molar-refractivity contribution >= 4 is 46.4 Å². The highest BCUT2D eigenvalue weighted by Crippen LogP contribution is 2.33. The molecule has 2 fully saturated rings. The standard InChI is InChI=1S/C36H49N9O8/c1-36(2,53)29-19-39-43-45(29)23-18-28(33(49)41-25(30(46)31(37)47)14-8-9-15-38-35(51)52)44(20-23)34(50)27(16-21-10-4-3-5-11-21)42-32(48)26-17-22-12-6-7-13-24(22)40-26/h6-7,12-13,17,19,21,23,25,27-28,38,40,53H,3-5,8-11,14-16,18,20H2,1-2H3,(H2,37,47)(H,41,49)(H,42,48)(H,51,52)/t23-,25?,27+,28-/m0/s1. The van der Waals surface area contributed by atoms with E-state index in [0.29, 0.717) is 18.5 Å². The van der Waals surface area contributed by atoms with Crippen LogP contribution in [0.3, 0.4) is 0 Å². The molecule has 0 radical (unpaired) electrons. The number of carbonyl (C=O) groups is 6. The number of para-hydroxylation sites is 1. The Bertz CT molecular complexity index is 1780. The van der Waals surface area contributed by atoms with Gasteiger partial charge in [-0.2, -0.15) is 0 Å². The zero-order valence-electron chi connectivity index (χ0n) is 30.0. The van der Waals surface area contributed by atoms with Crippen LogP contribution in [-0.2, 0) is 24.8 Å². The third-order valence-electron chi connectivity index (χ3n) is 10.2. The van der Waals surface area contributed by atoms with Crippen LogP contribution in [0.4, 0.5) is 4.79 Å². The van der Waals surface area contributed by atoms with Gasteiger partial charge in [-0.15, -0.1) is 5.10 Å². The molecule has 1 saturated carbocycles. The average Bonchev–Trinajstić information content (AvgIpc) is 3.89. The van der Waals surface area contributed by atoms with Gasteiger partial charge in [0.2, 0.25) is 17.6 Å². The second kappa shape index (κ2) is 17.0. The summed E-state index contributed by atoms with van der Waals surface area (Å²) >= 11 is 0. The van der Waals surface area contributed by atoms with Gasteiger partial charge >= 0.3 is 6.09 Å². The van der Waals surface area contributed by atoms with Crippen molar-refractivity contribution in [1.29, 1.82) is 0 Å². The number of aliphatic hydroxyl groups is 1. The number of primary amides is 1. The van der Waals surface area contributed by atoms with Crippen LogP contribution in [0.15, 0.2) is 36.5 Å². The van der Waals surface area contributed by atoms with Gasteiger partial charge in [0.15, 0.2) is 0 Å². The number of hydrogen-bond donors (Lipinski definition) is 7. The van der Waals surface area contributed by atoms with Crippen LogP contribution in [0.1, 0.15) is 100 Å². The summed E-state index contributed by atoms with van der Waals surface area (Å²) in [7, 11) is 0. The number of rotatable bonds is 16. The van der Waals surface area contributed by atoms with Gasteiger partial charge in [-0.3, -0.25) is 24.0 Å². The van der Waals surface area contributed by atoms with Crippen LogP contribution in [0.25, 0.3) is 10.9 Å². The predicted octanol–water partition coefficient (Wildman–Crippen LogP) is 1.87. The zero-order chi connectivity index (χ0) is 38.3. The molecule has 1 aliphatic carbocycles. The summed E-state index contributed by atoms with van der Waals surface area (Å²) in [6.45, 7) is 3.20. The maximum Gasteiger partial charge on any atom is 0.404 e. The fourth-order valence-electron chi connectivity index (χ4n) is 7.42. The Balaban J connectivity index is 1.43. The molecular formula is C36H49N9O8. The summed E-state index contributed by atoms with van der Waals surface area (Å²) in [6, 6.07) is 5.04. The van der Waals surface area contributed by atoms with E-state index in [-0.39, 0.29) is 44.0 Å². The van der Waals surface area contributed by atoms with Crippen molar-refractivity contribution in [3.8, 4) is 0 Å². The van der Waals surface area contributed by atoms with Gasteiger partial charge in [-0.05, 0) is 57.6 Å². The number of fused-ring (bicyclic) bond motifs is 1. The van der Waals surface area contributed by atoms with Crippen LogP contribution in [0, 0.1) is 5.92 Å². The maximum atomic E-state index is 14.7. The van der Waals surface area contributed by atoms with Crippen molar-refractivity contribution in [3.63, 3.8) is 0 Å². The number of ketones is 1. The summed E-state index contributed by atoms with van der Waals surface area (Å²) in [4.78, 5) is 82.7. The minimum atomic E-state index is -1.36. The third-order valence-corrected chi connectivity index (χ3v) is 10.2. The molecule has 4 atom stereocenters. The molecule has 0 bridgehead atoms. The van der Waals surface area contributed by atoms with Crippen molar-refractivity contribution in [1.82, 2.24) is 40.8 Å². The Morgan fingerprint density at radius 3 is 2.45 bits per heavy atom. The van der Waals surface area contributed by atoms with Crippen molar-refractivity contribution in [3.05, 3.63) is 47.9 Å². The van der Waals surface area contributed by atoms with Gasteiger partial charge in [-0.1, -0.05) is 55.5 Å². The molecule has 17 heteroatoms. The molecule has 2 aliphatic rings. The first kappa shape index (κ1) is 38.9. The molecule has 1 unspecified atom stereocenters. The van der Waals surface area contributed by atoms with Gasteiger partial charge in [0.1, 0.15) is 23.4 Å². The lowest BCUT2D eigenvalue weighted by Gasteiger charge is -2.32. The number of carboxylic acid groups (broad SMARTS) is 1. The lowest BCUT2D eigenvalue weighted by Crippen LogP contribution is -2.56. The zero-order valence-corrected chi connectivity index (χ0v) is 30.0. The monoisotopic (exact) mass is 735 g/mol. The molecule has 286 valence electrons. The lowest BCUT2D eigenvalue weighted by molar-refractivity contribution is -0.142. The number of nitrogens with one attached hydrogen (secondary N) is 4. The molecule has 0 spiro atoms. The number of unbranched alkanes of at least 4 members (excludes halogenated alkanes) is 1. The van der Waals surface area contributed by atoms with Crippen LogP contribution < -0.4 is 21.7 Å². The van der Waals surface area contributed by atoms with E-state index in [4.69, 9.17) is 10.8 Å². The number of nitrogens with two attached hydrogens (primary N) is 1. The summed E-state index contributed by atoms with van der Waals surface area (Å²) in [6.07, 6.45) is 6.07. The summed E-state index contributed by atoms with van der Waals surface area (Å²) < 4.78 is 1.48. The van der Waals surface area contributed by atoms with Crippen molar-refractivity contribution in [2.75, 3.05) is 13.1 Å². The number of benzene rings is 1. The highest BCUT2D eigenvalue weighted by Gasteiger charge is 2.45. The smallest absolute Gasteiger partial charge is 0.404 e. The summed E-state index contributed by atoms with van der Waals surface area (Å²) in [5.74, 6) is -3.80. The van der Waals surface area contributed by atoms with E-state index in [1.165, 1.54) is 15.8 Å². The van der Waals surface area contributed by atoms with Crippen molar-refractivity contribution in [2.45, 2.75) is 108 Å². The lowest BCUT2D eigenvalue weighted by atomic mass is 9.84. The normalized spacial score (nSPS) is 19.0. The topological polar surface area (TPSA) is 255 Å². The van der Waals surface area contributed by atoms with Crippen LogP contribution in [0.5, 0.6) is 0 Å². The molecule has 1 saturated heterocycles. The molecule has 3 aromatic rings. The number of Topliss-reactive ketones (excluding diaryl/α,β-unsaturated/α-hetero) is 1. The number of amides is 5. The van der Waals surface area contributed by atoms with Gasteiger partial charge in [0.05, 0.1) is 24.0 Å². The maximum absolute atomic E-state index is 14.7. The Hall–Kier alpha value is -5.32. The number of likely N-dealkylation sites (tertiary alicyclic amines) is 1. The van der Waals surface area contributed by atoms with Gasteiger partial charge < -0.3 is 41.8 Å². The number of H-pyrrole nitrogens is 1. The minimum absolute atomic E-state index is 0.00427. The quantitative estimate of drug-likeness (QED) is 0.0830. The molecule has 5 amide bonds. The number of nitrogens with zero attached hydrogens (tertiary/aromatic N) is 4. The molecule has 5 rings (SSSR count). The Morgan fingerprint density at radius 2 is 1.77 bits per heavy atom. The molecule has 53 heavy (non-hydrogen) atoms. The van der Waals surface area contributed by atoms with Crippen molar-refractivity contribution in [2.24, 2.45) is 11.7 Å². The number of aromatic nitrogens is 4. The van der Waals surface area contributed by atoms with E-state index in [9.17, 15) is 33.9 Å². The average molecular weight is 736 g/mol. The van der Waals surface area contributed by atoms with E-state index in [1.807, 2.05) is 24.3 Å². The largest absolute Gasteiger partial charge is 0.465 e. The van der Waals surface area contributed by atoms with E-state index in [0.717, 1.165) is 43.0 Å². The van der Waals surface area contributed by atoms with Crippen LogP contribution >= 0.6 is 0 Å². The molecule has 3 heterocycles. The molecule has 17 nitrogen and oxygen atoms in total. The minimum Gasteiger partial charge on any atom is -0.465 e. The van der Waals surface area contributed by atoms with E-state index in [2.05, 4.69) is 31.2 Å². The van der Waals surface area contributed by atoms with Gasteiger partial charge in [0.25, 0.3) is 11.8 Å². The number of aromatic amines is 1. The fraction of sp³-hybridized carbons (Fsp3) is 0.556. The summed E-state index contributed by atoms with van der Waals surface area (Å²) in [5.41, 5.74) is 5.37. The van der Waals surface area contributed by atoms with E-state index >= 15 is 0 Å². The van der Waals surface area contributed by atoms with E-state index < -0.39 is 65.3 Å². The highest BCUT2D eigenvalue weighted by atomic mass is 16.4. The number of carbonyl (C=O) groups excluding carboxylic acids is 5. The molecule has 1 aliphatic heterocycles. The Morgan fingerprint density at radius 1 is 1.04 bits per heavy atom. The third kappa shape index (κ3) is 9.77. The molecular weight excluding hydrogens is 686 g/mol. The Kier molecular flexibility index (Phi) is 12.5. The summed E-state index contributed by atoms with van der Waals surface area (Å²) in [5, 5.41) is 36.5. The fourth-order valence-corrected chi connectivity index (χ4v) is 7.42. The van der Waals surface area contributed by atoms with Gasteiger partial charge in [-0.25, -0.2) is 9.48 Å². The second-order valence-electron chi connectivity index (χ2n) is 14.6. The first-order chi connectivity index (χ1) is 25.2. The first-order valence-corrected chi connectivity index (χ1v) is 18.2.